The number of benzene rings is 1. The van der Waals surface area contributed by atoms with Crippen LogP contribution in [0.4, 0.5) is 0 Å². The zero-order valence-electron chi connectivity index (χ0n) is 9.83. The van der Waals surface area contributed by atoms with E-state index in [4.69, 9.17) is 0 Å². The van der Waals surface area contributed by atoms with Crippen molar-refractivity contribution in [1.29, 1.82) is 0 Å². The molecule has 88 valence electrons. The number of hydrogen-bond donors (Lipinski definition) is 1. The van der Waals surface area contributed by atoms with Crippen LogP contribution in [0.3, 0.4) is 0 Å². The van der Waals surface area contributed by atoms with Crippen LogP contribution in [-0.2, 0) is 11.3 Å². The molecule has 3 nitrogen and oxygen atoms in total. The van der Waals surface area contributed by atoms with Crippen LogP contribution in [0.5, 0.6) is 0 Å². The number of halogens is 1. The number of nitrogens with zero attached hydrogens (tertiary/aromatic N) is 1. The number of amides is 1. The maximum absolute atomic E-state index is 11.6. The highest BCUT2D eigenvalue weighted by Gasteiger charge is 2.13. The van der Waals surface area contributed by atoms with Crippen molar-refractivity contribution in [3.8, 4) is 0 Å². The van der Waals surface area contributed by atoms with E-state index in [0.717, 1.165) is 6.54 Å². The topological polar surface area (TPSA) is 32.3 Å². The minimum atomic E-state index is -0.144. The second-order valence-corrected chi connectivity index (χ2v) is 5.21. The van der Waals surface area contributed by atoms with Crippen LogP contribution in [0.15, 0.2) is 24.3 Å². The molecule has 16 heavy (non-hydrogen) atoms. The molecule has 0 aliphatic carbocycles. The molecule has 0 aliphatic rings. The highest BCUT2D eigenvalue weighted by Crippen LogP contribution is 2.06. The zero-order chi connectivity index (χ0) is 12.1. The fourth-order valence-electron chi connectivity index (χ4n) is 1.35. The summed E-state index contributed by atoms with van der Waals surface area (Å²) in [6.07, 6.45) is 0. The Morgan fingerprint density at radius 2 is 1.94 bits per heavy atom. The Labute approximate surface area is 110 Å². The van der Waals surface area contributed by atoms with Crippen LogP contribution in [0.1, 0.15) is 12.5 Å². The Bertz CT molecular complexity index is 349. The van der Waals surface area contributed by atoms with Crippen molar-refractivity contribution in [2.24, 2.45) is 0 Å². The number of hydrogen-bond acceptors (Lipinski definition) is 2. The molecule has 1 rings (SSSR count). The van der Waals surface area contributed by atoms with Gasteiger partial charge in [0.25, 0.3) is 0 Å². The van der Waals surface area contributed by atoms with E-state index in [1.807, 2.05) is 6.92 Å². The molecule has 0 fully saturated rings. The van der Waals surface area contributed by atoms with Gasteiger partial charge in [-0.05, 0) is 47.2 Å². The second-order valence-electron chi connectivity index (χ2n) is 3.96. The first-order valence-corrected chi connectivity index (χ1v) is 6.27. The monoisotopic (exact) mass is 332 g/mol. The Morgan fingerprint density at radius 1 is 1.38 bits per heavy atom. The van der Waals surface area contributed by atoms with E-state index in [1.165, 1.54) is 9.13 Å². The zero-order valence-corrected chi connectivity index (χ0v) is 12.0. The molecule has 0 saturated carbocycles. The van der Waals surface area contributed by atoms with Gasteiger partial charge in [0, 0.05) is 24.2 Å². The third-order valence-electron chi connectivity index (χ3n) is 2.34. The molecule has 1 amide bonds. The smallest absolute Gasteiger partial charge is 0.238 e. The van der Waals surface area contributed by atoms with Gasteiger partial charge < -0.3 is 10.2 Å². The summed E-state index contributed by atoms with van der Waals surface area (Å²) in [5.41, 5.74) is 1.19. The molecule has 0 saturated heterocycles. The van der Waals surface area contributed by atoms with Crippen LogP contribution in [-0.4, -0.2) is 30.9 Å². The van der Waals surface area contributed by atoms with E-state index in [2.05, 4.69) is 52.2 Å². The van der Waals surface area contributed by atoms with Gasteiger partial charge in [0.15, 0.2) is 0 Å². The third kappa shape index (κ3) is 4.09. The van der Waals surface area contributed by atoms with Crippen LogP contribution < -0.4 is 5.32 Å². The summed E-state index contributed by atoms with van der Waals surface area (Å²) in [4.78, 5) is 13.2. The van der Waals surface area contributed by atoms with Gasteiger partial charge in [-0.15, -0.1) is 0 Å². The number of likely N-dealkylation sites (N-methyl/N-ethyl adjacent to an activating group) is 1. The molecule has 1 unspecified atom stereocenters. The van der Waals surface area contributed by atoms with E-state index in [1.54, 1.807) is 19.0 Å². The second kappa shape index (κ2) is 6.20. The maximum atomic E-state index is 11.6. The maximum Gasteiger partial charge on any atom is 0.238 e. The molecule has 1 N–H and O–H groups in total. The molecule has 0 aromatic heterocycles. The van der Waals surface area contributed by atoms with Crippen LogP contribution in [0.2, 0.25) is 0 Å². The molecular formula is C12H17IN2O. The Hall–Kier alpha value is -0.620. The van der Waals surface area contributed by atoms with Crippen LogP contribution >= 0.6 is 22.6 Å². The largest absolute Gasteiger partial charge is 0.347 e. The summed E-state index contributed by atoms with van der Waals surface area (Å²) in [5.74, 6) is 0.102. The number of rotatable bonds is 4. The van der Waals surface area contributed by atoms with E-state index in [-0.39, 0.29) is 11.9 Å². The third-order valence-corrected chi connectivity index (χ3v) is 3.06. The molecule has 0 bridgehead atoms. The quantitative estimate of drug-likeness (QED) is 0.854. The van der Waals surface area contributed by atoms with Crippen molar-refractivity contribution in [3.05, 3.63) is 33.4 Å². The van der Waals surface area contributed by atoms with E-state index in [9.17, 15) is 4.79 Å². The van der Waals surface area contributed by atoms with Gasteiger partial charge in [0.05, 0.1) is 6.04 Å². The van der Waals surface area contributed by atoms with Gasteiger partial charge >= 0.3 is 0 Å². The van der Waals surface area contributed by atoms with Gasteiger partial charge in [0.2, 0.25) is 5.91 Å². The van der Waals surface area contributed by atoms with E-state index < -0.39 is 0 Å². The summed E-state index contributed by atoms with van der Waals surface area (Å²) in [6, 6.07) is 8.13. The highest BCUT2D eigenvalue weighted by molar-refractivity contribution is 14.1. The SMILES string of the molecule is CC(NCc1ccc(I)cc1)C(=O)N(C)C. The van der Waals surface area contributed by atoms with Gasteiger partial charge in [-0.25, -0.2) is 0 Å². The lowest BCUT2D eigenvalue weighted by molar-refractivity contribution is -0.130. The summed E-state index contributed by atoms with van der Waals surface area (Å²) >= 11 is 2.28. The molecule has 0 spiro atoms. The van der Waals surface area contributed by atoms with Gasteiger partial charge in [-0.2, -0.15) is 0 Å². The van der Waals surface area contributed by atoms with Gasteiger partial charge in [-0.1, -0.05) is 12.1 Å². The standard InChI is InChI=1S/C12H17IN2O/c1-9(12(16)15(2)3)14-8-10-4-6-11(13)7-5-10/h4-7,9,14H,8H2,1-3H3. The highest BCUT2D eigenvalue weighted by atomic mass is 127. The lowest BCUT2D eigenvalue weighted by atomic mass is 10.2. The average molecular weight is 332 g/mol. The molecule has 1 aromatic rings. The fraction of sp³-hybridized carbons (Fsp3) is 0.417. The first-order valence-electron chi connectivity index (χ1n) is 5.19. The Balaban J connectivity index is 2.45. The molecular weight excluding hydrogens is 315 g/mol. The van der Waals surface area contributed by atoms with Crippen molar-refractivity contribution < 1.29 is 4.79 Å². The Kier molecular flexibility index (Phi) is 5.21. The summed E-state index contributed by atoms with van der Waals surface area (Å²) in [6.45, 7) is 2.60. The summed E-state index contributed by atoms with van der Waals surface area (Å²) in [5, 5.41) is 3.21. The van der Waals surface area contributed by atoms with Gasteiger partial charge in [0.1, 0.15) is 0 Å². The molecule has 1 aromatic carbocycles. The van der Waals surface area contributed by atoms with Crippen molar-refractivity contribution in [2.45, 2.75) is 19.5 Å². The van der Waals surface area contributed by atoms with Crippen molar-refractivity contribution >= 4 is 28.5 Å². The lowest BCUT2D eigenvalue weighted by Gasteiger charge is -2.18. The lowest BCUT2D eigenvalue weighted by Crippen LogP contribution is -2.41. The molecule has 0 aliphatic heterocycles. The average Bonchev–Trinajstić information content (AvgIpc) is 2.26. The number of nitrogens with one attached hydrogen (secondary N) is 1. The molecule has 0 radical (unpaired) electrons. The molecule has 0 heterocycles. The van der Waals surface area contributed by atoms with Crippen molar-refractivity contribution in [3.63, 3.8) is 0 Å². The molecule has 1 atom stereocenters. The predicted molar refractivity (Wildman–Crippen MR) is 74.2 cm³/mol. The minimum absolute atomic E-state index is 0.102. The first-order chi connectivity index (χ1) is 7.50. The van der Waals surface area contributed by atoms with Crippen molar-refractivity contribution in [2.75, 3.05) is 14.1 Å². The van der Waals surface area contributed by atoms with Crippen molar-refractivity contribution in [1.82, 2.24) is 10.2 Å². The Morgan fingerprint density at radius 3 is 2.44 bits per heavy atom. The number of carbonyl (C=O) groups is 1. The van der Waals surface area contributed by atoms with E-state index in [0.29, 0.717) is 0 Å². The minimum Gasteiger partial charge on any atom is -0.347 e. The van der Waals surface area contributed by atoms with Crippen LogP contribution in [0, 0.1) is 3.57 Å². The predicted octanol–water partition coefficient (Wildman–Crippen LogP) is 1.86. The summed E-state index contributed by atoms with van der Waals surface area (Å²) < 4.78 is 1.22. The van der Waals surface area contributed by atoms with Crippen LogP contribution in [0.25, 0.3) is 0 Å². The normalized spacial score (nSPS) is 12.2. The fourth-order valence-corrected chi connectivity index (χ4v) is 1.71. The van der Waals surface area contributed by atoms with Gasteiger partial charge in [-0.3, -0.25) is 4.79 Å². The number of carbonyl (C=O) groups excluding carboxylic acids is 1. The summed E-state index contributed by atoms with van der Waals surface area (Å²) in [7, 11) is 3.54. The first kappa shape index (κ1) is 13.4. The molecule has 4 heteroatoms. The van der Waals surface area contributed by atoms with E-state index >= 15 is 0 Å².